The van der Waals surface area contributed by atoms with E-state index in [1.165, 1.54) is 31.4 Å². The molecule has 6 nitrogen and oxygen atoms in total. The number of nitrogens with one attached hydrogen (secondary N) is 2. The molecule has 1 aliphatic rings. The Hall–Kier alpha value is -1.79. The van der Waals surface area contributed by atoms with Gasteiger partial charge in [-0.05, 0) is 57.4 Å². The maximum absolute atomic E-state index is 5.60. The van der Waals surface area contributed by atoms with Gasteiger partial charge in [0, 0.05) is 32.8 Å². The Bertz CT molecular complexity index is 562. The molecule has 1 saturated heterocycles. The number of hydrogen-bond acceptors (Lipinski definition) is 4. The highest BCUT2D eigenvalue weighted by molar-refractivity contribution is 5.79. The fourth-order valence-electron chi connectivity index (χ4n) is 3.42. The molecule has 0 amide bonds. The highest BCUT2D eigenvalue weighted by atomic mass is 16.5. The lowest BCUT2D eigenvalue weighted by Crippen LogP contribution is -2.41. The van der Waals surface area contributed by atoms with E-state index in [1.54, 1.807) is 7.11 Å². The minimum Gasteiger partial charge on any atom is -0.491 e. The van der Waals surface area contributed by atoms with Crippen LogP contribution in [-0.2, 0) is 11.3 Å². The van der Waals surface area contributed by atoms with E-state index in [0.29, 0.717) is 19.8 Å². The molecule has 0 saturated carbocycles. The van der Waals surface area contributed by atoms with Gasteiger partial charge in [0.15, 0.2) is 5.96 Å². The second kappa shape index (κ2) is 13.4. The summed E-state index contributed by atoms with van der Waals surface area (Å²) < 4.78 is 10.6. The lowest BCUT2D eigenvalue weighted by Gasteiger charge is -2.33. The van der Waals surface area contributed by atoms with Gasteiger partial charge in [-0.3, -0.25) is 0 Å². The Balaban J connectivity index is 1.73. The number of hydrogen-bond donors (Lipinski definition) is 2. The van der Waals surface area contributed by atoms with Crippen molar-refractivity contribution in [2.75, 3.05) is 46.5 Å². The largest absolute Gasteiger partial charge is 0.491 e. The van der Waals surface area contributed by atoms with Crippen LogP contribution in [0.3, 0.4) is 0 Å². The molecule has 1 atom stereocenters. The maximum Gasteiger partial charge on any atom is 0.191 e. The number of piperidine rings is 1. The minimum absolute atomic E-state index is 0.568. The zero-order valence-corrected chi connectivity index (χ0v) is 17.9. The summed E-state index contributed by atoms with van der Waals surface area (Å²) >= 11 is 0. The highest BCUT2D eigenvalue weighted by Crippen LogP contribution is 2.16. The molecule has 28 heavy (non-hydrogen) atoms. The Morgan fingerprint density at radius 2 is 2.00 bits per heavy atom. The van der Waals surface area contributed by atoms with Crippen molar-refractivity contribution >= 4 is 5.96 Å². The first-order chi connectivity index (χ1) is 13.7. The summed E-state index contributed by atoms with van der Waals surface area (Å²) in [5.41, 5.74) is 1.17. The number of ether oxygens (including phenoxy) is 2. The molecular weight excluding hydrogens is 352 g/mol. The van der Waals surface area contributed by atoms with Gasteiger partial charge < -0.3 is 25.0 Å². The quantitative estimate of drug-likeness (QED) is 0.346. The van der Waals surface area contributed by atoms with E-state index < -0.39 is 0 Å². The van der Waals surface area contributed by atoms with E-state index in [-0.39, 0.29) is 0 Å². The molecule has 2 rings (SSSR count). The molecule has 1 unspecified atom stereocenters. The first-order valence-electron chi connectivity index (χ1n) is 10.7. The second-order valence-corrected chi connectivity index (χ2v) is 7.34. The molecule has 1 aliphatic heterocycles. The second-order valence-electron chi connectivity index (χ2n) is 7.34. The first kappa shape index (κ1) is 22.5. The molecule has 0 bridgehead atoms. The van der Waals surface area contributed by atoms with Gasteiger partial charge in [0.05, 0.1) is 13.2 Å². The van der Waals surface area contributed by atoms with Crippen LogP contribution in [0.2, 0.25) is 0 Å². The summed E-state index contributed by atoms with van der Waals surface area (Å²) in [5.74, 6) is 1.75. The van der Waals surface area contributed by atoms with Crippen LogP contribution in [0.4, 0.5) is 0 Å². The average molecular weight is 391 g/mol. The standard InChI is InChI=1S/C22H38N4O2/c1-4-23-22(24-13-7-15-26-14-6-5-8-19(26)2)25-18-20-9-11-21(12-10-20)28-17-16-27-3/h9-12,19H,4-8,13-18H2,1-3H3,(H2,23,24,25). The minimum atomic E-state index is 0.568. The van der Waals surface area contributed by atoms with Crippen LogP contribution in [0.5, 0.6) is 5.75 Å². The molecule has 0 radical (unpaired) electrons. The topological polar surface area (TPSA) is 58.1 Å². The van der Waals surface area contributed by atoms with Crippen LogP contribution in [0.25, 0.3) is 0 Å². The Morgan fingerprint density at radius 1 is 1.18 bits per heavy atom. The molecule has 2 N–H and O–H groups in total. The first-order valence-corrected chi connectivity index (χ1v) is 10.7. The van der Waals surface area contributed by atoms with Gasteiger partial charge in [0.25, 0.3) is 0 Å². The average Bonchev–Trinajstić information content (AvgIpc) is 2.71. The van der Waals surface area contributed by atoms with E-state index in [4.69, 9.17) is 14.5 Å². The highest BCUT2D eigenvalue weighted by Gasteiger charge is 2.17. The molecule has 158 valence electrons. The van der Waals surface area contributed by atoms with Crippen molar-refractivity contribution in [1.82, 2.24) is 15.5 Å². The fraction of sp³-hybridized carbons (Fsp3) is 0.682. The number of benzene rings is 1. The zero-order chi connectivity index (χ0) is 20.0. The van der Waals surface area contributed by atoms with Crippen molar-refractivity contribution in [3.05, 3.63) is 29.8 Å². The van der Waals surface area contributed by atoms with Crippen LogP contribution in [-0.4, -0.2) is 63.4 Å². The predicted octanol–water partition coefficient (Wildman–Crippen LogP) is 3.03. The number of aliphatic imine (C=N–C) groups is 1. The number of likely N-dealkylation sites (tertiary alicyclic amines) is 1. The van der Waals surface area contributed by atoms with E-state index in [2.05, 4.69) is 41.5 Å². The number of methoxy groups -OCH3 is 1. The van der Waals surface area contributed by atoms with Gasteiger partial charge in [-0.15, -0.1) is 0 Å². The Labute approximate surface area is 170 Å². The van der Waals surface area contributed by atoms with Gasteiger partial charge >= 0.3 is 0 Å². The van der Waals surface area contributed by atoms with Crippen LogP contribution < -0.4 is 15.4 Å². The summed E-state index contributed by atoms with van der Waals surface area (Å²) in [6.07, 6.45) is 5.21. The molecule has 1 heterocycles. The van der Waals surface area contributed by atoms with Crippen molar-refractivity contribution < 1.29 is 9.47 Å². The van der Waals surface area contributed by atoms with Gasteiger partial charge in [-0.1, -0.05) is 18.6 Å². The number of nitrogens with zero attached hydrogens (tertiary/aromatic N) is 2. The van der Waals surface area contributed by atoms with Crippen LogP contribution in [0.1, 0.15) is 45.1 Å². The van der Waals surface area contributed by atoms with Crippen molar-refractivity contribution in [3.8, 4) is 5.75 Å². The predicted molar refractivity (Wildman–Crippen MR) is 116 cm³/mol. The number of guanidine groups is 1. The smallest absolute Gasteiger partial charge is 0.191 e. The summed E-state index contributed by atoms with van der Waals surface area (Å²) in [7, 11) is 1.68. The lowest BCUT2D eigenvalue weighted by atomic mass is 10.0. The van der Waals surface area contributed by atoms with Crippen LogP contribution >= 0.6 is 0 Å². The van der Waals surface area contributed by atoms with Gasteiger partial charge in [-0.25, -0.2) is 4.99 Å². The van der Waals surface area contributed by atoms with Crippen molar-refractivity contribution in [3.63, 3.8) is 0 Å². The summed E-state index contributed by atoms with van der Waals surface area (Å²) in [5, 5.41) is 6.80. The summed E-state index contributed by atoms with van der Waals surface area (Å²) in [4.78, 5) is 7.32. The normalized spacial score (nSPS) is 18.1. The van der Waals surface area contributed by atoms with Crippen LogP contribution in [0.15, 0.2) is 29.3 Å². The molecule has 6 heteroatoms. The van der Waals surface area contributed by atoms with Gasteiger partial charge in [0.2, 0.25) is 0 Å². The Morgan fingerprint density at radius 3 is 2.71 bits per heavy atom. The van der Waals surface area contributed by atoms with E-state index in [1.807, 2.05) is 12.1 Å². The molecule has 1 aromatic carbocycles. The summed E-state index contributed by atoms with van der Waals surface area (Å²) in [6.45, 7) is 10.5. The molecule has 1 fully saturated rings. The van der Waals surface area contributed by atoms with Gasteiger partial charge in [0.1, 0.15) is 12.4 Å². The molecule has 1 aromatic rings. The molecular formula is C22H38N4O2. The van der Waals surface area contributed by atoms with Gasteiger partial charge in [-0.2, -0.15) is 0 Å². The van der Waals surface area contributed by atoms with Crippen molar-refractivity contribution in [1.29, 1.82) is 0 Å². The van der Waals surface area contributed by atoms with E-state index in [9.17, 15) is 0 Å². The molecule has 0 aromatic heterocycles. The monoisotopic (exact) mass is 390 g/mol. The molecule has 0 spiro atoms. The van der Waals surface area contributed by atoms with E-state index in [0.717, 1.165) is 43.8 Å². The lowest BCUT2D eigenvalue weighted by molar-refractivity contribution is 0.146. The zero-order valence-electron chi connectivity index (χ0n) is 17.9. The third-order valence-electron chi connectivity index (χ3n) is 5.10. The van der Waals surface area contributed by atoms with Crippen molar-refractivity contribution in [2.24, 2.45) is 4.99 Å². The van der Waals surface area contributed by atoms with E-state index >= 15 is 0 Å². The third-order valence-corrected chi connectivity index (χ3v) is 5.10. The Kier molecular flexibility index (Phi) is 10.8. The third kappa shape index (κ3) is 8.48. The maximum atomic E-state index is 5.60. The fourth-order valence-corrected chi connectivity index (χ4v) is 3.42. The SMILES string of the molecule is CCNC(=NCc1ccc(OCCOC)cc1)NCCCN1CCCCC1C. The van der Waals surface area contributed by atoms with Crippen molar-refractivity contribution in [2.45, 2.75) is 52.1 Å². The molecule has 0 aliphatic carbocycles. The number of rotatable bonds is 11. The van der Waals surface area contributed by atoms with Crippen LogP contribution in [0, 0.1) is 0 Å². The summed E-state index contributed by atoms with van der Waals surface area (Å²) in [6, 6.07) is 8.83.